The Balaban J connectivity index is 1.67. The Kier molecular flexibility index (Phi) is 4.29. The number of thiol groups is 1. The average Bonchev–Trinajstić information content (AvgIpc) is 2.92. The topological polar surface area (TPSA) is 67.2 Å². The minimum Gasteiger partial charge on any atom is -0.296 e. The van der Waals surface area contributed by atoms with Crippen molar-refractivity contribution in [2.75, 3.05) is 13.1 Å². The van der Waals surface area contributed by atoms with Crippen molar-refractivity contribution in [3.8, 4) is 0 Å². The molecule has 4 rings (SSSR count). The Morgan fingerprint density at radius 1 is 1.20 bits per heavy atom. The van der Waals surface area contributed by atoms with Crippen LogP contribution in [0.5, 0.6) is 0 Å². The van der Waals surface area contributed by atoms with Crippen LogP contribution in [0.15, 0.2) is 18.2 Å². The Labute approximate surface area is 152 Å². The van der Waals surface area contributed by atoms with Gasteiger partial charge in [0.2, 0.25) is 11.8 Å². The lowest BCUT2D eigenvalue weighted by Gasteiger charge is -2.28. The number of aromatic nitrogens is 2. The Morgan fingerprint density at radius 2 is 1.96 bits per heavy atom. The molecule has 2 fully saturated rings. The fourth-order valence-corrected chi connectivity index (χ4v) is 4.20. The van der Waals surface area contributed by atoms with Crippen LogP contribution in [0.3, 0.4) is 0 Å². The molecule has 1 N–H and O–H groups in total. The number of hydrogen-bond donors (Lipinski definition) is 2. The van der Waals surface area contributed by atoms with Gasteiger partial charge >= 0.3 is 0 Å². The van der Waals surface area contributed by atoms with Crippen LogP contribution in [0, 0.1) is 0 Å². The summed E-state index contributed by atoms with van der Waals surface area (Å²) in [4.78, 5) is 23.6. The van der Waals surface area contributed by atoms with E-state index in [1.165, 1.54) is 5.56 Å². The second-order valence-electron chi connectivity index (χ2n) is 7.02. The van der Waals surface area contributed by atoms with Crippen LogP contribution < -0.4 is 5.32 Å². The number of nitrogens with one attached hydrogen (secondary N) is 1. The van der Waals surface area contributed by atoms with Gasteiger partial charge in [-0.3, -0.25) is 23.9 Å². The van der Waals surface area contributed by atoms with Crippen molar-refractivity contribution in [1.82, 2.24) is 19.4 Å². The van der Waals surface area contributed by atoms with Crippen molar-refractivity contribution in [3.05, 3.63) is 29.5 Å². The van der Waals surface area contributed by atoms with Gasteiger partial charge in [-0.2, -0.15) is 5.10 Å². The van der Waals surface area contributed by atoms with E-state index >= 15 is 0 Å². The van der Waals surface area contributed by atoms with Crippen molar-refractivity contribution < 1.29 is 9.59 Å². The molecular formula is C18H22N4O2S. The third kappa shape index (κ3) is 3.06. The summed E-state index contributed by atoms with van der Waals surface area (Å²) in [5.41, 5.74) is 3.15. The fraction of sp³-hybridized carbons (Fsp3) is 0.500. The number of hydrogen-bond acceptors (Lipinski definition) is 5. The number of nitrogens with zero attached hydrogens (tertiary/aromatic N) is 3. The molecule has 2 saturated heterocycles. The smallest absolute Gasteiger partial charge is 0.235 e. The highest BCUT2D eigenvalue weighted by molar-refractivity contribution is 7.77. The molecule has 2 aromatic rings. The monoisotopic (exact) mass is 358 g/mol. The van der Waals surface area contributed by atoms with Gasteiger partial charge in [-0.15, -0.1) is 0 Å². The summed E-state index contributed by atoms with van der Waals surface area (Å²) in [7, 11) is 1.91. The molecule has 1 aromatic carbocycles. The third-order valence-corrected chi connectivity index (χ3v) is 5.82. The summed E-state index contributed by atoms with van der Waals surface area (Å²) in [5, 5.41) is 8.05. The molecule has 0 radical (unpaired) electrons. The molecule has 0 bridgehead atoms. The van der Waals surface area contributed by atoms with Gasteiger partial charge in [0.25, 0.3) is 0 Å². The number of carbonyl (C=O) groups excluding carboxylic acids is 2. The number of aryl methyl sites for hydroxylation is 1. The lowest BCUT2D eigenvalue weighted by molar-refractivity contribution is -0.134. The predicted molar refractivity (Wildman–Crippen MR) is 98.4 cm³/mol. The Bertz CT molecular complexity index is 839. The molecule has 0 saturated carbocycles. The van der Waals surface area contributed by atoms with Crippen LogP contribution in [-0.2, 0) is 16.6 Å². The molecule has 1 atom stereocenters. The summed E-state index contributed by atoms with van der Waals surface area (Å²) < 4.78 is 3.92. The van der Waals surface area contributed by atoms with Gasteiger partial charge in [0.1, 0.15) is 0 Å². The van der Waals surface area contributed by atoms with Crippen LogP contribution in [-0.4, -0.2) is 39.0 Å². The molecule has 25 heavy (non-hydrogen) atoms. The summed E-state index contributed by atoms with van der Waals surface area (Å²) in [6, 6.07) is 6.46. The normalized spacial score (nSPS) is 23.2. The molecule has 2 aliphatic rings. The number of rotatable bonds is 2. The minimum atomic E-state index is -0.348. The van der Waals surface area contributed by atoms with Gasteiger partial charge < -0.3 is 0 Å². The SMILES string of the molecule is Cn1nc(C2CCC(=O)NC2=O)c2ccc(C3CCN(S)CC3)cc21. The zero-order valence-electron chi connectivity index (χ0n) is 14.2. The average molecular weight is 358 g/mol. The van der Waals surface area contributed by atoms with E-state index in [9.17, 15) is 9.59 Å². The first-order valence-electron chi connectivity index (χ1n) is 8.77. The van der Waals surface area contributed by atoms with Crippen LogP contribution in [0.4, 0.5) is 0 Å². The Hall–Kier alpha value is -1.86. The van der Waals surface area contributed by atoms with E-state index < -0.39 is 0 Å². The lowest BCUT2D eigenvalue weighted by Crippen LogP contribution is -2.39. The van der Waals surface area contributed by atoms with Crippen LogP contribution in [0.2, 0.25) is 0 Å². The molecular weight excluding hydrogens is 336 g/mol. The number of carbonyl (C=O) groups is 2. The second kappa shape index (κ2) is 6.46. The minimum absolute atomic E-state index is 0.195. The summed E-state index contributed by atoms with van der Waals surface area (Å²) >= 11 is 4.42. The van der Waals surface area contributed by atoms with Gasteiger partial charge in [-0.25, -0.2) is 0 Å². The molecule has 1 unspecified atom stereocenters. The highest BCUT2D eigenvalue weighted by Crippen LogP contribution is 2.34. The molecule has 6 nitrogen and oxygen atoms in total. The molecule has 132 valence electrons. The first kappa shape index (κ1) is 16.6. The Morgan fingerprint density at radius 3 is 2.68 bits per heavy atom. The van der Waals surface area contributed by atoms with Gasteiger partial charge in [0, 0.05) is 31.9 Å². The second-order valence-corrected chi connectivity index (χ2v) is 7.58. The quantitative estimate of drug-likeness (QED) is 0.637. The van der Waals surface area contributed by atoms with E-state index in [0.29, 0.717) is 18.8 Å². The molecule has 3 heterocycles. The molecule has 1 aromatic heterocycles. The zero-order valence-corrected chi connectivity index (χ0v) is 15.1. The first-order valence-corrected chi connectivity index (χ1v) is 9.17. The zero-order chi connectivity index (χ0) is 17.6. The molecule has 2 aliphatic heterocycles. The van der Waals surface area contributed by atoms with E-state index in [4.69, 9.17) is 0 Å². The van der Waals surface area contributed by atoms with Gasteiger partial charge in [0.05, 0.1) is 17.1 Å². The van der Waals surface area contributed by atoms with Gasteiger partial charge in [-0.1, -0.05) is 24.9 Å². The molecule has 2 amide bonds. The van der Waals surface area contributed by atoms with E-state index in [2.05, 4.69) is 45.7 Å². The predicted octanol–water partition coefficient (Wildman–Crippen LogP) is 2.12. The van der Waals surface area contributed by atoms with Crippen molar-refractivity contribution >= 4 is 35.5 Å². The molecule has 0 aliphatic carbocycles. The maximum absolute atomic E-state index is 12.2. The van der Waals surface area contributed by atoms with Crippen molar-refractivity contribution in [2.45, 2.75) is 37.5 Å². The summed E-state index contributed by atoms with van der Waals surface area (Å²) in [6.45, 7) is 2.00. The maximum Gasteiger partial charge on any atom is 0.235 e. The lowest BCUT2D eigenvalue weighted by atomic mass is 9.88. The van der Waals surface area contributed by atoms with E-state index in [1.807, 2.05) is 11.7 Å². The van der Waals surface area contributed by atoms with E-state index in [-0.39, 0.29) is 17.7 Å². The summed E-state index contributed by atoms with van der Waals surface area (Å²) in [5.74, 6) is -0.234. The van der Waals surface area contributed by atoms with E-state index in [0.717, 1.165) is 42.5 Å². The number of fused-ring (bicyclic) bond motifs is 1. The van der Waals surface area contributed by atoms with Gasteiger partial charge in [0.15, 0.2) is 0 Å². The highest BCUT2D eigenvalue weighted by Gasteiger charge is 2.31. The van der Waals surface area contributed by atoms with Crippen LogP contribution in [0.25, 0.3) is 10.9 Å². The van der Waals surface area contributed by atoms with Crippen LogP contribution >= 0.6 is 12.8 Å². The number of benzene rings is 1. The van der Waals surface area contributed by atoms with Gasteiger partial charge in [-0.05, 0) is 36.8 Å². The number of piperidine rings is 2. The first-order chi connectivity index (χ1) is 12.0. The molecule has 7 heteroatoms. The summed E-state index contributed by atoms with van der Waals surface area (Å²) in [6.07, 6.45) is 3.10. The van der Waals surface area contributed by atoms with Crippen molar-refractivity contribution in [1.29, 1.82) is 0 Å². The standard InChI is InChI=1S/C18H22N4O2S/c1-21-15-10-12(11-6-8-22(25)9-7-11)2-3-13(15)17(20-21)14-4-5-16(23)19-18(14)24/h2-3,10-11,14,25H,4-9H2,1H3,(H,19,23,24). The van der Waals surface area contributed by atoms with Crippen molar-refractivity contribution in [3.63, 3.8) is 0 Å². The highest BCUT2D eigenvalue weighted by atomic mass is 32.1. The number of amides is 2. The van der Waals surface area contributed by atoms with Crippen LogP contribution in [0.1, 0.15) is 48.8 Å². The molecule has 0 spiro atoms. The maximum atomic E-state index is 12.2. The number of imide groups is 1. The third-order valence-electron chi connectivity index (χ3n) is 5.42. The fourth-order valence-electron chi connectivity index (χ4n) is 3.97. The largest absolute Gasteiger partial charge is 0.296 e. The van der Waals surface area contributed by atoms with Crippen molar-refractivity contribution in [2.24, 2.45) is 7.05 Å². The van der Waals surface area contributed by atoms with E-state index in [1.54, 1.807) is 0 Å².